The number of ether oxygens (including phenoxy) is 2. The second-order valence-electron chi connectivity index (χ2n) is 8.82. The van der Waals surface area contributed by atoms with Crippen molar-refractivity contribution in [3.8, 4) is 28.0 Å². The van der Waals surface area contributed by atoms with Gasteiger partial charge in [-0.25, -0.2) is 4.98 Å². The molecule has 2 N–H and O–H groups in total. The van der Waals surface area contributed by atoms with Crippen molar-refractivity contribution in [2.45, 2.75) is 6.54 Å². The minimum Gasteiger partial charge on any atom is -0.494 e. The minimum atomic E-state index is -0.298. The van der Waals surface area contributed by atoms with E-state index in [2.05, 4.69) is 25.7 Å². The molecule has 1 amide bonds. The van der Waals surface area contributed by atoms with Gasteiger partial charge in [-0.15, -0.1) is 11.3 Å². The predicted octanol–water partition coefficient (Wildman–Crippen LogP) is 5.36. The summed E-state index contributed by atoms with van der Waals surface area (Å²) in [6.45, 7) is 0.0320. The van der Waals surface area contributed by atoms with E-state index >= 15 is 0 Å². The molecule has 0 fully saturated rings. The zero-order chi connectivity index (χ0) is 27.6. The lowest BCUT2D eigenvalue weighted by Gasteiger charge is -2.14. The Morgan fingerprint density at radius 2 is 1.95 bits per heavy atom. The summed E-state index contributed by atoms with van der Waals surface area (Å²) in [5.74, 6) is 2.31. The number of thiocarbonyl (C=S) groups is 1. The van der Waals surface area contributed by atoms with E-state index in [1.807, 2.05) is 54.2 Å². The lowest BCUT2D eigenvalue weighted by Crippen LogP contribution is -2.36. The normalized spacial score (nSPS) is 11.1. The van der Waals surface area contributed by atoms with E-state index in [-0.39, 0.29) is 17.6 Å². The van der Waals surface area contributed by atoms with Crippen LogP contribution in [0.3, 0.4) is 0 Å². The van der Waals surface area contributed by atoms with Crippen molar-refractivity contribution in [3.63, 3.8) is 0 Å². The molecule has 0 aliphatic heterocycles. The highest BCUT2D eigenvalue weighted by Gasteiger charge is 2.15. The predicted molar refractivity (Wildman–Crippen MR) is 159 cm³/mol. The Morgan fingerprint density at radius 1 is 1.07 bits per heavy atom. The van der Waals surface area contributed by atoms with Crippen LogP contribution in [-0.4, -0.2) is 42.4 Å². The molecule has 0 unspecified atom stereocenters. The highest BCUT2D eigenvalue weighted by Crippen LogP contribution is 2.39. The smallest absolute Gasteiger partial charge is 0.247 e. The SMILES string of the molecule is COc1cc(Oc2ccnc3cc(-c4nccn4C)sc23)ccc1NC(=S)NC(=O)Cn1ncc2ccccc21. The van der Waals surface area contributed by atoms with Crippen molar-refractivity contribution in [1.29, 1.82) is 0 Å². The Hall–Kier alpha value is -4.81. The standard InChI is InChI=1S/C28H23N7O3S2/c1-34-12-11-30-27(34)24-14-20-26(40-24)22(9-10-29-20)38-18-7-8-19(23(13-18)37-2)32-28(39)33-25(36)16-35-21-6-4-3-5-17(21)15-31-35/h3-15H,16H2,1-2H3,(H2,32,33,36,39). The van der Waals surface area contributed by atoms with E-state index in [0.29, 0.717) is 22.9 Å². The van der Waals surface area contributed by atoms with Gasteiger partial charge in [-0.1, -0.05) is 18.2 Å². The van der Waals surface area contributed by atoms with Gasteiger partial charge in [-0.05, 0) is 36.5 Å². The number of methoxy groups -OCH3 is 1. The number of nitrogens with zero attached hydrogens (tertiary/aromatic N) is 5. The maximum atomic E-state index is 12.6. The van der Waals surface area contributed by atoms with Crippen LogP contribution >= 0.6 is 23.6 Å². The molecule has 200 valence electrons. The van der Waals surface area contributed by atoms with Gasteiger partial charge in [-0.2, -0.15) is 5.10 Å². The van der Waals surface area contributed by atoms with Gasteiger partial charge >= 0.3 is 0 Å². The molecule has 10 nitrogen and oxygen atoms in total. The summed E-state index contributed by atoms with van der Waals surface area (Å²) in [6, 6.07) is 16.8. The third-order valence-corrected chi connectivity index (χ3v) is 7.50. The molecule has 0 atom stereocenters. The Balaban J connectivity index is 1.15. The summed E-state index contributed by atoms with van der Waals surface area (Å²) in [6.07, 6.45) is 7.12. The number of amides is 1. The Labute approximate surface area is 238 Å². The highest BCUT2D eigenvalue weighted by molar-refractivity contribution is 7.80. The third-order valence-electron chi connectivity index (χ3n) is 6.16. The molecule has 40 heavy (non-hydrogen) atoms. The lowest BCUT2D eigenvalue weighted by atomic mass is 10.2. The number of hydrogen-bond acceptors (Lipinski definition) is 8. The van der Waals surface area contributed by atoms with Crippen LogP contribution in [0.25, 0.3) is 31.8 Å². The summed E-state index contributed by atoms with van der Waals surface area (Å²) < 4.78 is 16.3. The molecule has 0 saturated heterocycles. The number of benzene rings is 2. The van der Waals surface area contributed by atoms with E-state index in [4.69, 9.17) is 21.7 Å². The maximum absolute atomic E-state index is 12.6. The second kappa shape index (κ2) is 10.8. The monoisotopic (exact) mass is 569 g/mol. The molecule has 12 heteroatoms. The maximum Gasteiger partial charge on any atom is 0.247 e. The quantitative estimate of drug-likeness (QED) is 0.248. The van der Waals surface area contributed by atoms with Gasteiger partial charge in [0.1, 0.15) is 29.6 Å². The number of anilines is 1. The van der Waals surface area contributed by atoms with E-state index in [1.165, 1.54) is 0 Å². The minimum absolute atomic E-state index is 0.0320. The Morgan fingerprint density at radius 3 is 2.77 bits per heavy atom. The number of nitrogens with one attached hydrogen (secondary N) is 2. The number of fused-ring (bicyclic) bond motifs is 2. The van der Waals surface area contributed by atoms with Crippen LogP contribution in [0, 0.1) is 0 Å². The summed E-state index contributed by atoms with van der Waals surface area (Å²) in [7, 11) is 3.51. The number of hydrogen-bond donors (Lipinski definition) is 2. The van der Waals surface area contributed by atoms with Crippen molar-refractivity contribution in [2.24, 2.45) is 7.05 Å². The number of rotatable bonds is 7. The summed E-state index contributed by atoms with van der Waals surface area (Å²) >= 11 is 6.94. The molecule has 0 bridgehead atoms. The van der Waals surface area contributed by atoms with E-state index in [0.717, 1.165) is 31.8 Å². The van der Waals surface area contributed by atoms with Gasteiger partial charge in [0.2, 0.25) is 5.91 Å². The zero-order valence-electron chi connectivity index (χ0n) is 21.5. The average molecular weight is 570 g/mol. The fourth-order valence-electron chi connectivity index (χ4n) is 4.28. The average Bonchev–Trinajstić information content (AvgIpc) is 3.68. The van der Waals surface area contributed by atoms with Gasteiger partial charge < -0.3 is 24.7 Å². The molecule has 0 aliphatic rings. The van der Waals surface area contributed by atoms with Crippen molar-refractivity contribution in [2.75, 3.05) is 12.4 Å². The molecule has 0 saturated carbocycles. The molecule has 2 aromatic carbocycles. The van der Waals surface area contributed by atoms with Crippen molar-refractivity contribution in [1.82, 2.24) is 29.6 Å². The van der Waals surface area contributed by atoms with Crippen LogP contribution in [0.5, 0.6) is 17.2 Å². The molecule has 0 aliphatic carbocycles. The van der Waals surface area contributed by atoms with Gasteiger partial charge in [0.25, 0.3) is 0 Å². The van der Waals surface area contributed by atoms with Gasteiger partial charge in [0.05, 0.1) is 39.6 Å². The Kier molecular flexibility index (Phi) is 6.84. The topological polar surface area (TPSA) is 108 Å². The van der Waals surface area contributed by atoms with Crippen LogP contribution in [0.15, 0.2) is 79.4 Å². The molecule has 0 spiro atoms. The van der Waals surface area contributed by atoms with Crippen molar-refractivity contribution in [3.05, 3.63) is 79.4 Å². The molecule has 6 aromatic rings. The first-order chi connectivity index (χ1) is 19.5. The van der Waals surface area contributed by atoms with Crippen LogP contribution in [0.4, 0.5) is 5.69 Å². The van der Waals surface area contributed by atoms with Crippen molar-refractivity contribution >= 4 is 61.4 Å². The first-order valence-corrected chi connectivity index (χ1v) is 13.4. The number of pyridine rings is 1. The van der Waals surface area contributed by atoms with E-state index in [1.54, 1.807) is 59.9 Å². The second-order valence-corrected chi connectivity index (χ2v) is 10.3. The van der Waals surface area contributed by atoms with Crippen LogP contribution < -0.4 is 20.1 Å². The van der Waals surface area contributed by atoms with Crippen LogP contribution in [-0.2, 0) is 18.4 Å². The van der Waals surface area contributed by atoms with Crippen LogP contribution in [0.2, 0.25) is 0 Å². The third kappa shape index (κ3) is 5.09. The Bertz CT molecular complexity index is 1870. The number of carbonyl (C=O) groups is 1. The van der Waals surface area contributed by atoms with Gasteiger partial charge in [-0.3, -0.25) is 14.5 Å². The van der Waals surface area contributed by atoms with E-state index < -0.39 is 0 Å². The number of imidazole rings is 1. The molecule has 0 radical (unpaired) electrons. The fraction of sp³-hybridized carbons (Fsp3) is 0.107. The summed E-state index contributed by atoms with van der Waals surface area (Å²) in [4.78, 5) is 22.5. The van der Waals surface area contributed by atoms with Crippen molar-refractivity contribution < 1.29 is 14.3 Å². The number of aryl methyl sites for hydroxylation is 1. The summed E-state index contributed by atoms with van der Waals surface area (Å²) in [5, 5.41) is 11.1. The molecular formula is C28H23N7O3S2. The lowest BCUT2D eigenvalue weighted by molar-refractivity contribution is -0.120. The number of aromatic nitrogens is 5. The van der Waals surface area contributed by atoms with Gasteiger partial charge in [0, 0.05) is 43.2 Å². The molecular weight excluding hydrogens is 546 g/mol. The largest absolute Gasteiger partial charge is 0.494 e. The first-order valence-electron chi connectivity index (χ1n) is 12.2. The highest BCUT2D eigenvalue weighted by atomic mass is 32.1. The summed E-state index contributed by atoms with van der Waals surface area (Å²) in [5.41, 5.74) is 2.28. The fourth-order valence-corrected chi connectivity index (χ4v) is 5.61. The first kappa shape index (κ1) is 25.5. The number of carbonyl (C=O) groups excluding carboxylic acids is 1. The van der Waals surface area contributed by atoms with E-state index in [9.17, 15) is 4.79 Å². The zero-order valence-corrected chi connectivity index (χ0v) is 23.1. The molecule has 6 rings (SSSR count). The van der Waals surface area contributed by atoms with Gasteiger partial charge in [0.15, 0.2) is 5.11 Å². The molecule has 4 heterocycles. The number of thiophene rings is 1. The van der Waals surface area contributed by atoms with Crippen LogP contribution in [0.1, 0.15) is 0 Å². The number of para-hydroxylation sites is 1. The molecule has 4 aromatic heterocycles.